The van der Waals surface area contributed by atoms with Crippen molar-refractivity contribution in [1.29, 1.82) is 0 Å². The Kier molecular flexibility index (Phi) is 4.25. The summed E-state index contributed by atoms with van der Waals surface area (Å²) in [6.45, 7) is 0. The lowest BCUT2D eigenvalue weighted by Crippen LogP contribution is -2.39. The molecule has 2 aliphatic rings. The van der Waals surface area contributed by atoms with Gasteiger partial charge in [0.05, 0.1) is 0 Å². The van der Waals surface area contributed by atoms with Gasteiger partial charge in [0.2, 0.25) is 11.8 Å². The molecule has 2 aliphatic carbocycles. The quantitative estimate of drug-likeness (QED) is 0.686. The largest absolute Gasteiger partial charge is 0.369 e. The van der Waals surface area contributed by atoms with E-state index in [2.05, 4.69) is 5.32 Å². The Balaban J connectivity index is 1.96. The second kappa shape index (κ2) is 5.72. The highest BCUT2D eigenvalue weighted by Crippen LogP contribution is 2.40. The zero-order valence-corrected chi connectivity index (χ0v) is 11.2. The van der Waals surface area contributed by atoms with Crippen molar-refractivity contribution in [2.24, 2.45) is 29.4 Å². The molecule has 2 atom stereocenters. The van der Waals surface area contributed by atoms with E-state index in [1.165, 1.54) is 25.7 Å². The van der Waals surface area contributed by atoms with Gasteiger partial charge >= 0.3 is 0 Å². The minimum Gasteiger partial charge on any atom is -0.369 e. The Morgan fingerprint density at radius 2 is 1.78 bits per heavy atom. The minimum atomic E-state index is -0.301. The third-order valence-electron chi connectivity index (χ3n) is 4.30. The fourth-order valence-corrected chi connectivity index (χ4v) is 2.72. The molecule has 0 aliphatic heterocycles. The molecule has 0 saturated heterocycles. The number of primary amides is 1. The lowest BCUT2D eigenvalue weighted by atomic mass is 9.82. The Morgan fingerprint density at radius 1 is 1.17 bits per heavy atom. The lowest BCUT2D eigenvalue weighted by molar-refractivity contribution is -0.133. The summed E-state index contributed by atoms with van der Waals surface area (Å²) in [5.74, 6) is 0.615. The minimum absolute atomic E-state index is 0.0125. The third kappa shape index (κ3) is 3.72. The zero-order chi connectivity index (χ0) is 13.1. The molecule has 0 aromatic carbocycles. The van der Waals surface area contributed by atoms with Crippen LogP contribution in [0.4, 0.5) is 0 Å². The molecule has 2 amide bonds. The van der Waals surface area contributed by atoms with Crippen molar-refractivity contribution < 1.29 is 9.59 Å². The first-order valence-electron chi connectivity index (χ1n) is 7.12. The fourth-order valence-electron chi connectivity index (χ4n) is 2.72. The van der Waals surface area contributed by atoms with Crippen molar-refractivity contribution in [3.8, 4) is 0 Å². The number of hydrogen-bond acceptors (Lipinski definition) is 2. The third-order valence-corrected chi connectivity index (χ3v) is 4.30. The normalized spacial score (nSPS) is 22.3. The van der Waals surface area contributed by atoms with Gasteiger partial charge < -0.3 is 11.1 Å². The molecule has 4 heteroatoms. The summed E-state index contributed by atoms with van der Waals surface area (Å²) < 4.78 is 0. The number of carbonyl (C=O) groups excluding carboxylic acids is 2. The molecular weight excluding hydrogens is 228 g/mol. The van der Waals surface area contributed by atoms with Crippen LogP contribution in [0.1, 0.15) is 44.9 Å². The first-order chi connectivity index (χ1) is 8.61. The highest BCUT2D eigenvalue weighted by atomic mass is 16.2. The van der Waals surface area contributed by atoms with Crippen molar-refractivity contribution in [3.63, 3.8) is 0 Å². The number of hydrogen-bond donors (Lipinski definition) is 2. The smallest absolute Gasteiger partial charge is 0.223 e. The highest BCUT2D eigenvalue weighted by Gasteiger charge is 2.37. The molecule has 18 heavy (non-hydrogen) atoms. The standard InChI is InChI=1S/C14H24N2O2/c1-16-14(18)12(8-10-4-5-10)11(13(15)17)7-6-9-2-3-9/h9-12H,2-8H2,1H3,(H2,15,17)(H,16,18)/t11-,12?/m0/s1. The van der Waals surface area contributed by atoms with Gasteiger partial charge in [-0.2, -0.15) is 0 Å². The van der Waals surface area contributed by atoms with Crippen LogP contribution in [-0.2, 0) is 9.59 Å². The van der Waals surface area contributed by atoms with Gasteiger partial charge in [0, 0.05) is 18.9 Å². The molecule has 0 aromatic heterocycles. The van der Waals surface area contributed by atoms with Crippen LogP contribution in [0.2, 0.25) is 0 Å². The van der Waals surface area contributed by atoms with Crippen molar-refractivity contribution in [2.45, 2.75) is 44.9 Å². The van der Waals surface area contributed by atoms with Crippen LogP contribution in [0.25, 0.3) is 0 Å². The van der Waals surface area contributed by atoms with Gasteiger partial charge in [-0.05, 0) is 31.1 Å². The molecule has 0 bridgehead atoms. The first-order valence-corrected chi connectivity index (χ1v) is 7.12. The monoisotopic (exact) mass is 252 g/mol. The summed E-state index contributed by atoms with van der Waals surface area (Å²) in [4.78, 5) is 23.6. The summed E-state index contributed by atoms with van der Waals surface area (Å²) in [5.41, 5.74) is 5.51. The van der Waals surface area contributed by atoms with Crippen LogP contribution in [0.3, 0.4) is 0 Å². The van der Waals surface area contributed by atoms with Crippen LogP contribution in [0, 0.1) is 23.7 Å². The molecule has 1 unspecified atom stereocenters. The molecule has 2 saturated carbocycles. The molecule has 3 N–H and O–H groups in total. The van der Waals surface area contributed by atoms with Gasteiger partial charge in [-0.25, -0.2) is 0 Å². The Morgan fingerprint density at radius 3 is 2.22 bits per heavy atom. The van der Waals surface area contributed by atoms with E-state index in [9.17, 15) is 9.59 Å². The van der Waals surface area contributed by atoms with Crippen molar-refractivity contribution in [1.82, 2.24) is 5.32 Å². The molecule has 0 radical (unpaired) electrons. The SMILES string of the molecule is CNC(=O)C(CC1CC1)[C@H](CCC1CC1)C(N)=O. The molecule has 0 heterocycles. The molecular formula is C14H24N2O2. The maximum Gasteiger partial charge on any atom is 0.223 e. The van der Waals surface area contributed by atoms with E-state index >= 15 is 0 Å². The number of nitrogens with two attached hydrogens (primary N) is 1. The van der Waals surface area contributed by atoms with Crippen LogP contribution in [-0.4, -0.2) is 18.9 Å². The highest BCUT2D eigenvalue weighted by molar-refractivity contribution is 5.86. The maximum atomic E-state index is 12.0. The predicted octanol–water partition coefficient (Wildman–Crippen LogP) is 1.44. The summed E-state index contributed by atoms with van der Waals surface area (Å²) in [7, 11) is 1.64. The van der Waals surface area contributed by atoms with Gasteiger partial charge in [-0.1, -0.05) is 25.7 Å². The Bertz CT molecular complexity index is 322. The zero-order valence-electron chi connectivity index (χ0n) is 11.2. The van der Waals surface area contributed by atoms with Crippen molar-refractivity contribution >= 4 is 11.8 Å². The average Bonchev–Trinajstić information content (AvgIpc) is 3.20. The predicted molar refractivity (Wildman–Crippen MR) is 69.5 cm³/mol. The van der Waals surface area contributed by atoms with E-state index in [1.807, 2.05) is 0 Å². The van der Waals surface area contributed by atoms with Crippen LogP contribution >= 0.6 is 0 Å². The van der Waals surface area contributed by atoms with E-state index in [0.29, 0.717) is 5.92 Å². The fraction of sp³-hybridized carbons (Fsp3) is 0.857. The van der Waals surface area contributed by atoms with Gasteiger partial charge in [0.25, 0.3) is 0 Å². The average molecular weight is 252 g/mol. The number of amides is 2. The second-order valence-electron chi connectivity index (χ2n) is 5.93. The van der Waals surface area contributed by atoms with Crippen LogP contribution in [0.15, 0.2) is 0 Å². The van der Waals surface area contributed by atoms with Crippen molar-refractivity contribution in [2.75, 3.05) is 7.05 Å². The van der Waals surface area contributed by atoms with E-state index < -0.39 is 0 Å². The molecule has 2 fully saturated rings. The number of nitrogens with one attached hydrogen (secondary N) is 1. The van der Waals surface area contributed by atoms with Gasteiger partial charge in [-0.3, -0.25) is 9.59 Å². The maximum absolute atomic E-state index is 12.0. The summed E-state index contributed by atoms with van der Waals surface area (Å²) in [5, 5.41) is 2.69. The summed E-state index contributed by atoms with van der Waals surface area (Å²) in [6.07, 6.45) is 7.61. The van der Waals surface area contributed by atoms with E-state index in [-0.39, 0.29) is 23.7 Å². The number of carbonyl (C=O) groups is 2. The van der Waals surface area contributed by atoms with Crippen LogP contribution in [0.5, 0.6) is 0 Å². The van der Waals surface area contributed by atoms with Gasteiger partial charge in [0.15, 0.2) is 0 Å². The summed E-state index contributed by atoms with van der Waals surface area (Å²) >= 11 is 0. The van der Waals surface area contributed by atoms with Gasteiger partial charge in [0.1, 0.15) is 0 Å². The topological polar surface area (TPSA) is 72.2 Å². The molecule has 0 aromatic rings. The van der Waals surface area contributed by atoms with Gasteiger partial charge in [-0.15, -0.1) is 0 Å². The Hall–Kier alpha value is -1.06. The lowest BCUT2D eigenvalue weighted by Gasteiger charge is -2.23. The molecule has 2 rings (SSSR count). The van der Waals surface area contributed by atoms with E-state index in [0.717, 1.165) is 25.2 Å². The van der Waals surface area contributed by atoms with Crippen molar-refractivity contribution in [3.05, 3.63) is 0 Å². The number of rotatable bonds is 8. The summed E-state index contributed by atoms with van der Waals surface area (Å²) in [6, 6.07) is 0. The van der Waals surface area contributed by atoms with Crippen LogP contribution < -0.4 is 11.1 Å². The second-order valence-corrected chi connectivity index (χ2v) is 5.93. The molecule has 0 spiro atoms. The Labute approximate surface area is 109 Å². The first kappa shape index (κ1) is 13.4. The van der Waals surface area contributed by atoms with E-state index in [4.69, 9.17) is 5.73 Å². The molecule has 4 nitrogen and oxygen atoms in total. The molecule has 102 valence electrons. The van der Waals surface area contributed by atoms with E-state index in [1.54, 1.807) is 7.05 Å².